The lowest BCUT2D eigenvalue weighted by Gasteiger charge is -2.04. The van der Waals surface area contributed by atoms with Crippen LogP contribution in [0.1, 0.15) is 15.2 Å². The first kappa shape index (κ1) is 20.7. The summed E-state index contributed by atoms with van der Waals surface area (Å²) in [6.45, 7) is 0. The Morgan fingerprint density at radius 2 is 1.81 bits per heavy atom. The minimum Gasteiger partial charge on any atom is -0.296 e. The molecule has 5 aromatic rings. The molecule has 0 fully saturated rings. The Balaban J connectivity index is 1.30. The number of rotatable bonds is 5. The first-order chi connectivity index (χ1) is 15.1. The number of nitrogens with zero attached hydrogens (tertiary/aromatic N) is 2. The van der Waals surface area contributed by atoms with Crippen LogP contribution < -0.4 is 5.32 Å². The number of halogens is 2. The van der Waals surface area contributed by atoms with Crippen molar-refractivity contribution >= 4 is 89.5 Å². The standard InChI is InChI=1S/C22H13Cl2N3OS3/c23-14-8-9-16-17(10-14)30-19(18(16)24)20(28)25-21-26-27-22(31-21)29-11-13-6-3-5-12-4-1-2-7-15(12)13/h1-10H,11H2,(H,25,26,28). The summed E-state index contributed by atoms with van der Waals surface area (Å²) < 4.78 is 1.66. The molecule has 31 heavy (non-hydrogen) atoms. The number of carbonyl (C=O) groups excluding carboxylic acids is 1. The molecule has 0 spiro atoms. The monoisotopic (exact) mass is 501 g/mol. The molecule has 0 atom stereocenters. The molecule has 1 amide bonds. The minimum atomic E-state index is -0.302. The quantitative estimate of drug-likeness (QED) is 0.197. The van der Waals surface area contributed by atoms with Crippen LogP contribution in [0, 0.1) is 0 Å². The van der Waals surface area contributed by atoms with E-state index in [9.17, 15) is 4.79 Å². The van der Waals surface area contributed by atoms with Crippen molar-refractivity contribution in [2.45, 2.75) is 10.1 Å². The van der Waals surface area contributed by atoms with Crippen LogP contribution in [0.4, 0.5) is 5.13 Å². The summed E-state index contributed by atoms with van der Waals surface area (Å²) in [7, 11) is 0. The van der Waals surface area contributed by atoms with Crippen molar-refractivity contribution in [3.8, 4) is 0 Å². The summed E-state index contributed by atoms with van der Waals surface area (Å²) in [4.78, 5) is 13.2. The molecule has 0 aliphatic rings. The van der Waals surface area contributed by atoms with Crippen molar-refractivity contribution in [2.75, 3.05) is 5.32 Å². The van der Waals surface area contributed by atoms with Gasteiger partial charge in [-0.25, -0.2) is 0 Å². The van der Waals surface area contributed by atoms with E-state index in [4.69, 9.17) is 23.2 Å². The molecule has 0 aliphatic heterocycles. The summed E-state index contributed by atoms with van der Waals surface area (Å²) >= 11 is 16.7. The van der Waals surface area contributed by atoms with E-state index >= 15 is 0 Å². The lowest BCUT2D eigenvalue weighted by molar-refractivity contribution is 0.103. The highest BCUT2D eigenvalue weighted by atomic mass is 35.5. The molecule has 0 aliphatic carbocycles. The SMILES string of the molecule is O=C(Nc1nnc(SCc2cccc3ccccc23)s1)c1sc2cc(Cl)ccc2c1Cl. The van der Waals surface area contributed by atoms with Crippen LogP contribution >= 0.6 is 57.6 Å². The predicted octanol–water partition coefficient (Wildman–Crippen LogP) is 7.76. The molecular weight excluding hydrogens is 489 g/mol. The number of benzene rings is 3. The number of aromatic nitrogens is 2. The lowest BCUT2D eigenvalue weighted by Crippen LogP contribution is -2.10. The van der Waals surface area contributed by atoms with E-state index < -0.39 is 0 Å². The Morgan fingerprint density at radius 3 is 2.71 bits per heavy atom. The highest BCUT2D eigenvalue weighted by Crippen LogP contribution is 2.37. The van der Waals surface area contributed by atoms with Crippen LogP contribution in [0.3, 0.4) is 0 Å². The van der Waals surface area contributed by atoms with Crippen molar-refractivity contribution in [1.82, 2.24) is 10.2 Å². The number of carbonyl (C=O) groups is 1. The zero-order valence-electron chi connectivity index (χ0n) is 15.8. The Hall–Kier alpha value is -2.16. The molecule has 2 heterocycles. The van der Waals surface area contributed by atoms with Crippen LogP contribution in [-0.2, 0) is 5.75 Å². The van der Waals surface area contributed by atoms with Gasteiger partial charge in [-0.2, -0.15) is 0 Å². The highest BCUT2D eigenvalue weighted by molar-refractivity contribution is 8.00. The van der Waals surface area contributed by atoms with Crippen molar-refractivity contribution < 1.29 is 4.79 Å². The average molecular weight is 502 g/mol. The van der Waals surface area contributed by atoms with E-state index in [1.165, 1.54) is 39.0 Å². The molecule has 9 heteroatoms. The maximum absolute atomic E-state index is 12.7. The van der Waals surface area contributed by atoms with E-state index in [0.717, 1.165) is 20.2 Å². The number of nitrogens with one attached hydrogen (secondary N) is 1. The van der Waals surface area contributed by atoms with Gasteiger partial charge in [0.15, 0.2) is 4.34 Å². The van der Waals surface area contributed by atoms with Crippen LogP contribution in [0.5, 0.6) is 0 Å². The smallest absolute Gasteiger partial charge is 0.269 e. The van der Waals surface area contributed by atoms with E-state index in [0.29, 0.717) is 20.1 Å². The fraction of sp³-hybridized carbons (Fsp3) is 0.0455. The molecule has 0 saturated heterocycles. The molecule has 0 radical (unpaired) electrons. The van der Waals surface area contributed by atoms with E-state index in [2.05, 4.69) is 45.8 Å². The molecule has 2 aromatic heterocycles. The average Bonchev–Trinajstić information content (AvgIpc) is 3.36. The van der Waals surface area contributed by atoms with Gasteiger partial charge in [0, 0.05) is 20.9 Å². The molecule has 0 saturated carbocycles. The third kappa shape index (κ3) is 4.29. The fourth-order valence-electron chi connectivity index (χ4n) is 3.22. The second-order valence-electron chi connectivity index (χ2n) is 6.64. The van der Waals surface area contributed by atoms with Gasteiger partial charge < -0.3 is 0 Å². The second kappa shape index (κ2) is 8.76. The van der Waals surface area contributed by atoms with Crippen LogP contribution in [0.15, 0.2) is 65.0 Å². The molecule has 3 aromatic carbocycles. The van der Waals surface area contributed by atoms with Gasteiger partial charge in [-0.3, -0.25) is 10.1 Å². The van der Waals surface area contributed by atoms with Crippen LogP contribution in [0.25, 0.3) is 20.9 Å². The van der Waals surface area contributed by atoms with Gasteiger partial charge in [-0.1, -0.05) is 94.8 Å². The predicted molar refractivity (Wildman–Crippen MR) is 133 cm³/mol. The molecule has 0 unspecified atom stereocenters. The first-order valence-electron chi connectivity index (χ1n) is 9.20. The Bertz CT molecular complexity index is 1430. The molecule has 0 bridgehead atoms. The maximum atomic E-state index is 12.7. The van der Waals surface area contributed by atoms with Crippen LogP contribution in [-0.4, -0.2) is 16.1 Å². The van der Waals surface area contributed by atoms with Gasteiger partial charge in [0.05, 0.1) is 5.02 Å². The number of thiophene rings is 1. The second-order valence-corrected chi connectivity index (χ2v) is 10.7. The lowest BCUT2D eigenvalue weighted by atomic mass is 10.1. The highest BCUT2D eigenvalue weighted by Gasteiger charge is 2.19. The molecule has 5 rings (SSSR count). The Labute approximate surface area is 200 Å². The molecule has 154 valence electrons. The van der Waals surface area contributed by atoms with Crippen molar-refractivity contribution in [2.24, 2.45) is 0 Å². The minimum absolute atomic E-state index is 0.302. The first-order valence-corrected chi connectivity index (χ1v) is 12.6. The number of hydrogen-bond acceptors (Lipinski definition) is 6. The van der Waals surface area contributed by atoms with Gasteiger partial charge in [0.2, 0.25) is 5.13 Å². The van der Waals surface area contributed by atoms with E-state index in [-0.39, 0.29) is 5.91 Å². The zero-order chi connectivity index (χ0) is 21.4. The number of fused-ring (bicyclic) bond motifs is 2. The van der Waals surface area contributed by atoms with Gasteiger partial charge in [-0.05, 0) is 28.5 Å². The number of amides is 1. The van der Waals surface area contributed by atoms with E-state index in [1.54, 1.807) is 23.9 Å². The van der Waals surface area contributed by atoms with Crippen molar-refractivity contribution in [3.63, 3.8) is 0 Å². The summed E-state index contributed by atoms with van der Waals surface area (Å²) in [5, 5.41) is 15.8. The third-order valence-electron chi connectivity index (χ3n) is 4.66. The molecular formula is C22H13Cl2N3OS3. The Morgan fingerprint density at radius 1 is 0.968 bits per heavy atom. The summed E-state index contributed by atoms with van der Waals surface area (Å²) in [5.74, 6) is 0.469. The summed E-state index contributed by atoms with van der Waals surface area (Å²) in [6.07, 6.45) is 0. The third-order valence-corrected chi connectivity index (χ3v) is 8.57. The zero-order valence-corrected chi connectivity index (χ0v) is 19.7. The fourth-order valence-corrected chi connectivity index (χ4v) is 6.65. The summed E-state index contributed by atoms with van der Waals surface area (Å²) in [5.41, 5.74) is 1.24. The molecule has 4 nitrogen and oxygen atoms in total. The normalized spacial score (nSPS) is 11.3. The van der Waals surface area contributed by atoms with Gasteiger partial charge in [-0.15, -0.1) is 21.5 Å². The maximum Gasteiger partial charge on any atom is 0.269 e. The Kier molecular flexibility index (Phi) is 5.86. The van der Waals surface area contributed by atoms with Gasteiger partial charge in [0.1, 0.15) is 4.88 Å². The number of anilines is 1. The van der Waals surface area contributed by atoms with Crippen LogP contribution in [0.2, 0.25) is 10.0 Å². The van der Waals surface area contributed by atoms with Crippen molar-refractivity contribution in [3.05, 3.63) is 81.1 Å². The number of thioether (sulfide) groups is 1. The van der Waals surface area contributed by atoms with Gasteiger partial charge >= 0.3 is 0 Å². The van der Waals surface area contributed by atoms with Crippen molar-refractivity contribution in [1.29, 1.82) is 0 Å². The summed E-state index contributed by atoms with van der Waals surface area (Å²) in [6, 6.07) is 20.0. The van der Waals surface area contributed by atoms with E-state index in [1.807, 2.05) is 18.2 Å². The number of hydrogen-bond donors (Lipinski definition) is 1. The van der Waals surface area contributed by atoms with Gasteiger partial charge in [0.25, 0.3) is 5.91 Å². The largest absolute Gasteiger partial charge is 0.296 e. The molecule has 1 N–H and O–H groups in total. The topological polar surface area (TPSA) is 54.9 Å².